The number of anilines is 2. The molecule has 0 aliphatic heterocycles. The van der Waals surface area contributed by atoms with E-state index in [-0.39, 0.29) is 16.7 Å². The first-order chi connectivity index (χ1) is 9.02. The van der Waals surface area contributed by atoms with Gasteiger partial charge in [-0.2, -0.15) is 5.26 Å². The van der Waals surface area contributed by atoms with E-state index < -0.39 is 0 Å². The van der Waals surface area contributed by atoms with E-state index in [4.69, 9.17) is 39.9 Å². The lowest BCUT2D eigenvalue weighted by atomic mass is 10.3. The first-order valence-electron chi connectivity index (χ1n) is 4.98. The van der Waals surface area contributed by atoms with Crippen molar-refractivity contribution >= 4 is 46.5 Å². The first kappa shape index (κ1) is 13.7. The Balaban J connectivity index is 2.44. The van der Waals surface area contributed by atoms with Gasteiger partial charge in [-0.25, -0.2) is 9.97 Å². The van der Waals surface area contributed by atoms with Crippen LogP contribution < -0.4 is 11.5 Å². The van der Waals surface area contributed by atoms with Gasteiger partial charge in [-0.3, -0.25) is 0 Å². The molecular weight excluding hydrogens is 305 g/mol. The van der Waals surface area contributed by atoms with Crippen LogP contribution in [0.3, 0.4) is 0 Å². The van der Waals surface area contributed by atoms with Gasteiger partial charge in [-0.15, -0.1) is 0 Å². The predicted molar refractivity (Wildman–Crippen MR) is 76.2 cm³/mol. The van der Waals surface area contributed by atoms with E-state index in [0.717, 1.165) is 0 Å². The third-order valence-corrected chi connectivity index (χ3v) is 4.00. The fourth-order valence-electron chi connectivity index (χ4n) is 1.27. The Labute approximate surface area is 123 Å². The van der Waals surface area contributed by atoms with Crippen LogP contribution in [0, 0.1) is 11.3 Å². The molecule has 0 atom stereocenters. The molecule has 1 aromatic carbocycles. The lowest BCUT2D eigenvalue weighted by molar-refractivity contribution is 1.04. The van der Waals surface area contributed by atoms with Crippen molar-refractivity contribution in [3.8, 4) is 6.07 Å². The fourth-order valence-corrected chi connectivity index (χ4v) is 2.54. The van der Waals surface area contributed by atoms with Gasteiger partial charge in [0, 0.05) is 4.90 Å². The maximum Gasteiger partial charge on any atom is 0.179 e. The Bertz CT molecular complexity index is 684. The molecule has 0 unspecified atom stereocenters. The third kappa shape index (κ3) is 2.84. The number of halogens is 2. The second kappa shape index (κ2) is 5.53. The standard InChI is InChI=1S/C11H7Cl2N5S/c12-8-5(15)2-1-3-7(8)19-11-10(16)18-9(13)6(4-14)17-11/h1-3H,15H2,(H2,16,18). The Kier molecular flexibility index (Phi) is 4.00. The zero-order valence-electron chi connectivity index (χ0n) is 9.39. The Morgan fingerprint density at radius 3 is 2.63 bits per heavy atom. The SMILES string of the molecule is N#Cc1nc(Sc2cccc(N)c2Cl)c(N)nc1Cl. The Morgan fingerprint density at radius 2 is 1.95 bits per heavy atom. The van der Waals surface area contributed by atoms with Gasteiger partial charge in [0.2, 0.25) is 0 Å². The molecule has 2 aromatic rings. The molecule has 0 aliphatic rings. The molecule has 2 rings (SSSR count). The molecule has 0 saturated carbocycles. The zero-order chi connectivity index (χ0) is 14.0. The smallest absolute Gasteiger partial charge is 0.179 e. The number of nitrogen functional groups attached to an aromatic ring is 2. The van der Waals surface area contributed by atoms with Crippen LogP contribution in [0.5, 0.6) is 0 Å². The molecule has 0 amide bonds. The third-order valence-electron chi connectivity index (χ3n) is 2.15. The Morgan fingerprint density at radius 1 is 1.21 bits per heavy atom. The average Bonchev–Trinajstić information content (AvgIpc) is 2.38. The summed E-state index contributed by atoms with van der Waals surface area (Å²) in [5, 5.41) is 9.60. The van der Waals surface area contributed by atoms with Crippen LogP contribution in [0.4, 0.5) is 11.5 Å². The summed E-state index contributed by atoms with van der Waals surface area (Å²) < 4.78 is 0. The normalized spacial score (nSPS) is 10.2. The highest BCUT2D eigenvalue weighted by Gasteiger charge is 2.13. The lowest BCUT2D eigenvalue weighted by Gasteiger charge is -2.07. The van der Waals surface area contributed by atoms with Crippen molar-refractivity contribution in [1.29, 1.82) is 5.26 Å². The summed E-state index contributed by atoms with van der Waals surface area (Å²) in [4.78, 5) is 8.57. The van der Waals surface area contributed by atoms with E-state index >= 15 is 0 Å². The van der Waals surface area contributed by atoms with Crippen molar-refractivity contribution in [3.63, 3.8) is 0 Å². The molecule has 8 heteroatoms. The quantitative estimate of drug-likeness (QED) is 0.827. The minimum atomic E-state index is -0.0250. The summed E-state index contributed by atoms with van der Waals surface area (Å²) in [6, 6.07) is 7.05. The van der Waals surface area contributed by atoms with Crippen LogP contribution in [-0.4, -0.2) is 9.97 Å². The van der Waals surface area contributed by atoms with Gasteiger partial charge in [0.15, 0.2) is 16.7 Å². The van der Waals surface area contributed by atoms with Gasteiger partial charge in [-0.05, 0) is 12.1 Å². The van der Waals surface area contributed by atoms with Crippen molar-refractivity contribution in [3.05, 3.63) is 34.1 Å². The molecular formula is C11H7Cl2N5S. The molecule has 0 saturated heterocycles. The van der Waals surface area contributed by atoms with Crippen molar-refractivity contribution < 1.29 is 0 Å². The summed E-state index contributed by atoms with van der Waals surface area (Å²) in [7, 11) is 0. The largest absolute Gasteiger partial charge is 0.397 e. The topological polar surface area (TPSA) is 102 Å². The molecule has 0 aliphatic carbocycles. The van der Waals surface area contributed by atoms with E-state index in [9.17, 15) is 0 Å². The van der Waals surface area contributed by atoms with Crippen molar-refractivity contribution in [2.45, 2.75) is 9.92 Å². The highest BCUT2D eigenvalue weighted by molar-refractivity contribution is 7.99. The molecule has 5 nitrogen and oxygen atoms in total. The Hall–Kier alpha value is -1.68. The second-order valence-corrected chi connectivity index (χ2v) is 5.19. The van der Waals surface area contributed by atoms with E-state index in [2.05, 4.69) is 9.97 Å². The van der Waals surface area contributed by atoms with E-state index in [1.54, 1.807) is 18.2 Å². The van der Waals surface area contributed by atoms with Crippen LogP contribution >= 0.6 is 35.0 Å². The van der Waals surface area contributed by atoms with Gasteiger partial charge >= 0.3 is 0 Å². The van der Waals surface area contributed by atoms with Crippen LogP contribution in [0.25, 0.3) is 0 Å². The van der Waals surface area contributed by atoms with Gasteiger partial charge in [0.05, 0.1) is 10.7 Å². The number of rotatable bonds is 2. The van der Waals surface area contributed by atoms with Gasteiger partial charge in [-0.1, -0.05) is 41.0 Å². The van der Waals surface area contributed by atoms with Crippen molar-refractivity contribution in [1.82, 2.24) is 9.97 Å². The van der Waals surface area contributed by atoms with Gasteiger partial charge in [0.25, 0.3) is 0 Å². The fraction of sp³-hybridized carbons (Fsp3) is 0. The van der Waals surface area contributed by atoms with Gasteiger partial charge in [0.1, 0.15) is 11.1 Å². The van der Waals surface area contributed by atoms with Gasteiger partial charge < -0.3 is 11.5 Å². The monoisotopic (exact) mass is 311 g/mol. The first-order valence-corrected chi connectivity index (χ1v) is 6.55. The molecule has 19 heavy (non-hydrogen) atoms. The summed E-state index contributed by atoms with van der Waals surface area (Å²) in [5.74, 6) is 0.132. The number of hydrogen-bond donors (Lipinski definition) is 2. The molecule has 1 heterocycles. The summed E-state index contributed by atoms with van der Waals surface area (Å²) in [6.07, 6.45) is 0. The number of aromatic nitrogens is 2. The van der Waals surface area contributed by atoms with Crippen molar-refractivity contribution in [2.24, 2.45) is 0 Å². The number of nitrogens with two attached hydrogens (primary N) is 2. The minimum absolute atomic E-state index is 0.0124. The zero-order valence-corrected chi connectivity index (χ0v) is 11.7. The molecule has 1 aromatic heterocycles. The maximum absolute atomic E-state index is 8.87. The highest BCUT2D eigenvalue weighted by atomic mass is 35.5. The lowest BCUT2D eigenvalue weighted by Crippen LogP contribution is -2.00. The van der Waals surface area contributed by atoms with Crippen LogP contribution in [0.1, 0.15) is 5.69 Å². The molecule has 0 spiro atoms. The second-order valence-electron chi connectivity index (χ2n) is 3.43. The van der Waals surface area contributed by atoms with Crippen molar-refractivity contribution in [2.75, 3.05) is 11.5 Å². The number of nitriles is 1. The molecule has 96 valence electrons. The summed E-state index contributed by atoms with van der Waals surface area (Å²) in [6.45, 7) is 0. The van der Waals surface area contributed by atoms with E-state index in [1.807, 2.05) is 6.07 Å². The van der Waals surface area contributed by atoms with Crippen LogP contribution in [0.2, 0.25) is 10.2 Å². The molecule has 0 radical (unpaired) electrons. The molecule has 4 N–H and O–H groups in total. The molecule has 0 bridgehead atoms. The number of hydrogen-bond acceptors (Lipinski definition) is 6. The van der Waals surface area contributed by atoms with E-state index in [1.165, 1.54) is 11.8 Å². The number of benzene rings is 1. The average molecular weight is 312 g/mol. The van der Waals surface area contributed by atoms with Crippen LogP contribution in [0.15, 0.2) is 28.1 Å². The predicted octanol–water partition coefficient (Wildman–Crippen LogP) is 2.97. The highest BCUT2D eigenvalue weighted by Crippen LogP contribution is 2.37. The van der Waals surface area contributed by atoms with Crippen LogP contribution in [-0.2, 0) is 0 Å². The summed E-state index contributed by atoms with van der Waals surface area (Å²) >= 11 is 13.0. The van der Waals surface area contributed by atoms with E-state index in [0.29, 0.717) is 20.6 Å². The number of nitrogens with zero attached hydrogens (tertiary/aromatic N) is 3. The summed E-state index contributed by atoms with van der Waals surface area (Å²) in [5.41, 5.74) is 11.9. The minimum Gasteiger partial charge on any atom is -0.397 e. The molecule has 0 fully saturated rings. The maximum atomic E-state index is 8.87.